The summed E-state index contributed by atoms with van der Waals surface area (Å²) in [4.78, 5) is 26.1. The van der Waals surface area contributed by atoms with Gasteiger partial charge in [-0.15, -0.1) is 11.3 Å². The predicted octanol–water partition coefficient (Wildman–Crippen LogP) is 3.34. The van der Waals surface area contributed by atoms with Gasteiger partial charge in [-0.2, -0.15) is 5.26 Å². The van der Waals surface area contributed by atoms with Crippen LogP contribution in [0.5, 0.6) is 0 Å². The normalized spacial score (nSPS) is 17.3. The number of carbonyl (C=O) groups is 2. The van der Waals surface area contributed by atoms with Crippen LogP contribution >= 0.6 is 11.3 Å². The smallest absolute Gasteiger partial charge is 0.335 e. The number of nitrogens with zero attached hydrogens (tertiary/aromatic N) is 2. The number of benzene rings is 1. The van der Waals surface area contributed by atoms with Crippen molar-refractivity contribution < 1.29 is 14.7 Å². The molecule has 2 heterocycles. The number of rotatable bonds is 3. The molecule has 0 spiro atoms. The Morgan fingerprint density at radius 1 is 1.33 bits per heavy atom. The van der Waals surface area contributed by atoms with E-state index in [-0.39, 0.29) is 17.4 Å². The predicted molar refractivity (Wildman–Crippen MR) is 90.3 cm³/mol. The first kappa shape index (κ1) is 16.2. The SMILES string of the molecule is N#Cc1ccsc1C(=O)N1CCCC(c2cccc(C(=O)O)c2)C1. The molecule has 1 unspecified atom stereocenters. The van der Waals surface area contributed by atoms with E-state index >= 15 is 0 Å². The first-order chi connectivity index (χ1) is 11.6. The number of hydrogen-bond donors (Lipinski definition) is 1. The highest BCUT2D eigenvalue weighted by Crippen LogP contribution is 2.29. The standard InChI is InChI=1S/C18H16N2O3S/c19-10-14-6-8-24-16(14)17(21)20-7-2-5-15(11-20)12-3-1-4-13(9-12)18(22)23/h1,3-4,6,8-9,15H,2,5,7,11H2,(H,22,23). The Bertz CT molecular complexity index is 822. The van der Waals surface area contributed by atoms with Crippen LogP contribution in [-0.2, 0) is 0 Å². The average Bonchev–Trinajstić information content (AvgIpc) is 3.10. The van der Waals surface area contributed by atoms with Crippen LogP contribution in [0.2, 0.25) is 0 Å². The Hall–Kier alpha value is -2.65. The fraction of sp³-hybridized carbons (Fsp3) is 0.278. The van der Waals surface area contributed by atoms with Crippen LogP contribution in [0.15, 0.2) is 35.7 Å². The number of likely N-dealkylation sites (tertiary alicyclic amines) is 1. The molecule has 1 fully saturated rings. The third-order valence-electron chi connectivity index (χ3n) is 4.29. The summed E-state index contributed by atoms with van der Waals surface area (Å²) in [7, 11) is 0. The minimum atomic E-state index is -0.946. The van der Waals surface area contributed by atoms with Gasteiger partial charge in [-0.1, -0.05) is 12.1 Å². The second-order valence-electron chi connectivity index (χ2n) is 5.80. The fourth-order valence-electron chi connectivity index (χ4n) is 3.07. The second-order valence-corrected chi connectivity index (χ2v) is 6.71. The maximum atomic E-state index is 12.7. The largest absolute Gasteiger partial charge is 0.478 e. The van der Waals surface area contributed by atoms with Gasteiger partial charge in [0.1, 0.15) is 10.9 Å². The van der Waals surface area contributed by atoms with Crippen LogP contribution < -0.4 is 0 Å². The van der Waals surface area contributed by atoms with E-state index in [0.717, 1.165) is 18.4 Å². The second kappa shape index (κ2) is 6.85. The number of hydrogen-bond acceptors (Lipinski definition) is 4. The Morgan fingerprint density at radius 3 is 2.92 bits per heavy atom. The molecule has 3 rings (SSSR count). The highest BCUT2D eigenvalue weighted by atomic mass is 32.1. The third kappa shape index (κ3) is 3.17. The maximum Gasteiger partial charge on any atom is 0.335 e. The van der Waals surface area contributed by atoms with E-state index in [4.69, 9.17) is 10.4 Å². The minimum Gasteiger partial charge on any atom is -0.478 e. The highest BCUT2D eigenvalue weighted by molar-refractivity contribution is 7.12. The van der Waals surface area contributed by atoms with Gasteiger partial charge in [-0.05, 0) is 42.0 Å². The van der Waals surface area contributed by atoms with Crippen molar-refractivity contribution in [2.75, 3.05) is 13.1 Å². The van der Waals surface area contributed by atoms with Gasteiger partial charge in [0.2, 0.25) is 0 Å². The molecule has 1 aliphatic heterocycles. The number of nitriles is 1. The van der Waals surface area contributed by atoms with Gasteiger partial charge in [0.05, 0.1) is 11.1 Å². The number of carbonyl (C=O) groups excluding carboxylic acids is 1. The van der Waals surface area contributed by atoms with Crippen molar-refractivity contribution in [1.29, 1.82) is 5.26 Å². The van der Waals surface area contributed by atoms with Crippen LogP contribution in [0.25, 0.3) is 0 Å². The van der Waals surface area contributed by atoms with Crippen LogP contribution in [0.4, 0.5) is 0 Å². The van der Waals surface area contributed by atoms with Gasteiger partial charge in [-0.25, -0.2) is 4.79 Å². The number of aromatic carboxylic acids is 1. The molecule has 2 aromatic rings. The zero-order valence-corrected chi connectivity index (χ0v) is 13.8. The summed E-state index contributed by atoms with van der Waals surface area (Å²) in [5.41, 5.74) is 1.63. The quantitative estimate of drug-likeness (QED) is 0.929. The Morgan fingerprint density at radius 2 is 2.17 bits per heavy atom. The number of amides is 1. The van der Waals surface area contributed by atoms with Gasteiger partial charge < -0.3 is 10.0 Å². The van der Waals surface area contributed by atoms with Crippen molar-refractivity contribution in [3.8, 4) is 6.07 Å². The summed E-state index contributed by atoms with van der Waals surface area (Å²) in [6.07, 6.45) is 1.78. The number of thiophene rings is 1. The van der Waals surface area contributed by atoms with Crippen molar-refractivity contribution in [3.63, 3.8) is 0 Å². The molecule has 0 saturated carbocycles. The minimum absolute atomic E-state index is 0.111. The van der Waals surface area contributed by atoms with Crippen LogP contribution in [0, 0.1) is 11.3 Å². The van der Waals surface area contributed by atoms with Crippen molar-refractivity contribution in [3.05, 3.63) is 57.3 Å². The molecule has 1 amide bonds. The first-order valence-corrected chi connectivity index (χ1v) is 8.58. The van der Waals surface area contributed by atoms with Gasteiger partial charge in [-0.3, -0.25) is 4.79 Å². The monoisotopic (exact) mass is 340 g/mol. The lowest BCUT2D eigenvalue weighted by atomic mass is 9.89. The van der Waals surface area contributed by atoms with E-state index in [0.29, 0.717) is 23.5 Å². The number of carboxylic acids is 1. The molecule has 1 aliphatic rings. The van der Waals surface area contributed by atoms with Crippen molar-refractivity contribution in [2.24, 2.45) is 0 Å². The molecule has 0 aliphatic carbocycles. The zero-order valence-electron chi connectivity index (χ0n) is 12.9. The number of carboxylic acid groups (broad SMARTS) is 1. The molecule has 0 bridgehead atoms. The van der Waals surface area contributed by atoms with Crippen LogP contribution in [-0.4, -0.2) is 35.0 Å². The third-order valence-corrected chi connectivity index (χ3v) is 5.20. The summed E-state index contributed by atoms with van der Waals surface area (Å²) >= 11 is 1.29. The molecule has 1 atom stereocenters. The molecule has 1 N–H and O–H groups in total. The Labute approximate surface area is 143 Å². The van der Waals surface area contributed by atoms with Gasteiger partial charge >= 0.3 is 5.97 Å². The molecule has 5 nitrogen and oxygen atoms in total. The number of piperidine rings is 1. The van der Waals surface area contributed by atoms with Gasteiger partial charge in [0.15, 0.2) is 0 Å². The lowest BCUT2D eigenvalue weighted by Crippen LogP contribution is -2.39. The Kier molecular flexibility index (Phi) is 4.63. The lowest BCUT2D eigenvalue weighted by Gasteiger charge is -2.33. The summed E-state index contributed by atoms with van der Waals surface area (Å²) in [5, 5.41) is 20.0. The van der Waals surface area contributed by atoms with Gasteiger partial charge in [0.25, 0.3) is 5.91 Å². The summed E-state index contributed by atoms with van der Waals surface area (Å²) in [6, 6.07) is 10.6. The van der Waals surface area contributed by atoms with Crippen molar-refractivity contribution in [2.45, 2.75) is 18.8 Å². The maximum absolute atomic E-state index is 12.7. The molecular formula is C18H16N2O3S. The van der Waals surface area contributed by atoms with E-state index in [9.17, 15) is 9.59 Å². The molecular weight excluding hydrogens is 324 g/mol. The summed E-state index contributed by atoms with van der Waals surface area (Å²) < 4.78 is 0. The van der Waals surface area contributed by atoms with Gasteiger partial charge in [0, 0.05) is 19.0 Å². The van der Waals surface area contributed by atoms with E-state index < -0.39 is 5.97 Å². The summed E-state index contributed by atoms with van der Waals surface area (Å²) in [6.45, 7) is 1.21. The van der Waals surface area contributed by atoms with E-state index in [1.807, 2.05) is 6.07 Å². The summed E-state index contributed by atoms with van der Waals surface area (Å²) in [5.74, 6) is -0.939. The first-order valence-electron chi connectivity index (χ1n) is 7.70. The molecule has 1 aromatic heterocycles. The van der Waals surface area contributed by atoms with Crippen molar-refractivity contribution in [1.82, 2.24) is 4.90 Å². The fourth-order valence-corrected chi connectivity index (χ4v) is 3.88. The zero-order chi connectivity index (χ0) is 17.1. The van der Waals surface area contributed by atoms with Crippen LogP contribution in [0.1, 0.15) is 49.9 Å². The molecule has 0 radical (unpaired) electrons. The topological polar surface area (TPSA) is 81.4 Å². The van der Waals surface area contributed by atoms with Crippen molar-refractivity contribution >= 4 is 23.2 Å². The molecule has 122 valence electrons. The molecule has 1 saturated heterocycles. The molecule has 1 aromatic carbocycles. The molecule has 24 heavy (non-hydrogen) atoms. The van der Waals surface area contributed by atoms with E-state index in [1.54, 1.807) is 34.5 Å². The van der Waals surface area contributed by atoms with E-state index in [1.165, 1.54) is 11.3 Å². The average molecular weight is 340 g/mol. The molecule has 6 heteroatoms. The van der Waals surface area contributed by atoms with E-state index in [2.05, 4.69) is 6.07 Å². The Balaban J connectivity index is 1.80. The lowest BCUT2D eigenvalue weighted by molar-refractivity contribution is 0.0689. The highest BCUT2D eigenvalue weighted by Gasteiger charge is 2.27. The van der Waals surface area contributed by atoms with Crippen LogP contribution in [0.3, 0.4) is 0 Å².